The molecule has 0 aliphatic heterocycles. The predicted molar refractivity (Wildman–Crippen MR) is 115 cm³/mol. The van der Waals surface area contributed by atoms with E-state index in [4.69, 9.17) is 0 Å². The summed E-state index contributed by atoms with van der Waals surface area (Å²) in [6, 6.07) is 13.3. The van der Waals surface area contributed by atoms with Crippen molar-refractivity contribution >= 4 is 39.9 Å². The lowest BCUT2D eigenvalue weighted by atomic mass is 10.1. The van der Waals surface area contributed by atoms with Crippen LogP contribution in [0.1, 0.15) is 39.7 Å². The van der Waals surface area contributed by atoms with Crippen molar-refractivity contribution in [2.45, 2.75) is 27.7 Å². The van der Waals surface area contributed by atoms with Crippen molar-refractivity contribution in [3.8, 4) is 0 Å². The fourth-order valence-electron chi connectivity index (χ4n) is 2.72. The first-order valence-corrected chi connectivity index (χ1v) is 9.85. The lowest BCUT2D eigenvalue weighted by Crippen LogP contribution is -2.22. The minimum Gasteiger partial charge on any atom is -0.289 e. The van der Waals surface area contributed by atoms with E-state index in [1.54, 1.807) is 11.0 Å². The Hall–Kier alpha value is -3.05. The first-order chi connectivity index (χ1) is 13.3. The summed E-state index contributed by atoms with van der Waals surface area (Å²) in [5.41, 5.74) is 5.47. The normalized spacial score (nSPS) is 11.0. The monoisotopic (exact) mass is 390 g/mol. The van der Waals surface area contributed by atoms with E-state index in [0.29, 0.717) is 16.4 Å². The highest BCUT2D eigenvalue weighted by molar-refractivity contribution is 7.14. The van der Waals surface area contributed by atoms with Gasteiger partial charge in [-0.25, -0.2) is 4.98 Å². The summed E-state index contributed by atoms with van der Waals surface area (Å²) >= 11 is 1.37. The molecule has 1 amide bonds. The zero-order chi connectivity index (χ0) is 20.3. The third kappa shape index (κ3) is 4.43. The Kier molecular flexibility index (Phi) is 5.85. The third-order valence-corrected chi connectivity index (χ3v) is 5.35. The summed E-state index contributed by atoms with van der Waals surface area (Å²) in [6.07, 6.45) is 3.19. The van der Waals surface area contributed by atoms with E-state index in [9.17, 15) is 9.59 Å². The van der Waals surface area contributed by atoms with Crippen LogP contribution in [0.15, 0.2) is 53.9 Å². The number of anilines is 2. The van der Waals surface area contributed by atoms with Gasteiger partial charge in [-0.3, -0.25) is 14.5 Å². The van der Waals surface area contributed by atoms with Crippen LogP contribution in [0.25, 0.3) is 6.08 Å². The topological polar surface area (TPSA) is 50.3 Å². The zero-order valence-corrected chi connectivity index (χ0v) is 17.2. The quantitative estimate of drug-likeness (QED) is 0.418. The number of carbonyl (C=O) groups is 2. The van der Waals surface area contributed by atoms with Gasteiger partial charge in [-0.2, -0.15) is 0 Å². The highest BCUT2D eigenvalue weighted by Gasteiger charge is 2.18. The maximum absolute atomic E-state index is 12.3. The van der Waals surface area contributed by atoms with Crippen LogP contribution in [0.4, 0.5) is 10.8 Å². The van der Waals surface area contributed by atoms with Crippen molar-refractivity contribution in [1.29, 1.82) is 0 Å². The summed E-state index contributed by atoms with van der Waals surface area (Å²) in [6.45, 7) is 7.56. The molecule has 142 valence electrons. The second-order valence-corrected chi connectivity index (χ2v) is 7.58. The molecular formula is C23H22N2O2S. The Morgan fingerprint density at radius 2 is 1.71 bits per heavy atom. The maximum Gasteiger partial charge on any atom is 0.230 e. The summed E-state index contributed by atoms with van der Waals surface area (Å²) in [7, 11) is 0. The molecule has 4 nitrogen and oxygen atoms in total. The lowest BCUT2D eigenvalue weighted by Gasteiger charge is -2.19. The lowest BCUT2D eigenvalue weighted by molar-refractivity contribution is -0.115. The standard InChI is InChI=1S/C23H22N2O2S/c1-15-5-8-19(9-6-15)22(27)12-10-20-14-28-23(24-20)25(18(4)26)21-11-7-16(2)17(3)13-21/h5-14H,1-4H3/b12-10+. The van der Waals surface area contributed by atoms with Crippen molar-refractivity contribution in [3.05, 3.63) is 81.9 Å². The van der Waals surface area contributed by atoms with Gasteiger partial charge in [0.1, 0.15) is 0 Å². The molecule has 3 aromatic rings. The van der Waals surface area contributed by atoms with E-state index in [1.807, 2.05) is 68.6 Å². The number of hydrogen-bond donors (Lipinski definition) is 0. The first kappa shape index (κ1) is 19.7. The second kappa shape index (κ2) is 8.31. The van der Waals surface area contributed by atoms with Gasteiger partial charge in [0.25, 0.3) is 0 Å². The Balaban J connectivity index is 1.82. The van der Waals surface area contributed by atoms with Crippen LogP contribution in [0.2, 0.25) is 0 Å². The SMILES string of the molecule is CC(=O)N(c1ccc(C)c(C)c1)c1nc(/C=C/C(=O)c2ccc(C)cc2)cs1. The zero-order valence-electron chi connectivity index (χ0n) is 16.4. The molecule has 0 aliphatic rings. The fourth-order valence-corrected chi connectivity index (χ4v) is 3.58. The average molecular weight is 391 g/mol. The predicted octanol–water partition coefficient (Wildman–Crippen LogP) is 5.65. The summed E-state index contributed by atoms with van der Waals surface area (Å²) in [5, 5.41) is 2.42. The number of amides is 1. The average Bonchev–Trinajstić information content (AvgIpc) is 3.11. The van der Waals surface area contributed by atoms with E-state index in [0.717, 1.165) is 16.8 Å². The highest BCUT2D eigenvalue weighted by atomic mass is 32.1. The van der Waals surface area contributed by atoms with Crippen molar-refractivity contribution in [2.24, 2.45) is 0 Å². The molecule has 1 heterocycles. The fraction of sp³-hybridized carbons (Fsp3) is 0.174. The van der Waals surface area contributed by atoms with Crippen LogP contribution >= 0.6 is 11.3 Å². The van der Waals surface area contributed by atoms with Crippen molar-refractivity contribution < 1.29 is 9.59 Å². The molecule has 2 aromatic carbocycles. The molecular weight excluding hydrogens is 368 g/mol. The minimum atomic E-state index is -0.108. The Labute approximate surface area is 169 Å². The molecule has 0 fully saturated rings. The van der Waals surface area contributed by atoms with Crippen LogP contribution in [0, 0.1) is 20.8 Å². The number of ketones is 1. The van der Waals surface area contributed by atoms with Crippen molar-refractivity contribution in [2.75, 3.05) is 4.90 Å². The van der Waals surface area contributed by atoms with Crippen LogP contribution < -0.4 is 4.90 Å². The van der Waals surface area contributed by atoms with Gasteiger partial charge in [0.05, 0.1) is 11.4 Å². The number of nitrogens with zero attached hydrogens (tertiary/aromatic N) is 2. The van der Waals surface area contributed by atoms with Gasteiger partial charge in [-0.1, -0.05) is 35.9 Å². The summed E-state index contributed by atoms with van der Waals surface area (Å²) in [5.74, 6) is -0.184. The molecule has 28 heavy (non-hydrogen) atoms. The Morgan fingerprint density at radius 1 is 1.00 bits per heavy atom. The van der Waals surface area contributed by atoms with Crippen molar-refractivity contribution in [1.82, 2.24) is 4.98 Å². The number of carbonyl (C=O) groups excluding carboxylic acids is 2. The molecule has 3 rings (SSSR count). The van der Waals surface area contributed by atoms with E-state index < -0.39 is 0 Å². The first-order valence-electron chi connectivity index (χ1n) is 8.97. The molecule has 0 aliphatic carbocycles. The highest BCUT2D eigenvalue weighted by Crippen LogP contribution is 2.30. The third-order valence-electron chi connectivity index (χ3n) is 4.51. The van der Waals surface area contributed by atoms with Gasteiger partial charge in [0.2, 0.25) is 5.91 Å². The molecule has 0 atom stereocenters. The second-order valence-electron chi connectivity index (χ2n) is 6.74. The van der Waals surface area contributed by atoms with Gasteiger partial charge in [-0.05, 0) is 56.2 Å². The van der Waals surface area contributed by atoms with Gasteiger partial charge < -0.3 is 0 Å². The molecule has 0 radical (unpaired) electrons. The van der Waals surface area contributed by atoms with Crippen LogP contribution in [-0.2, 0) is 4.79 Å². The minimum absolute atomic E-state index is 0.0767. The molecule has 5 heteroatoms. The molecule has 0 N–H and O–H groups in total. The van der Waals surface area contributed by atoms with E-state index >= 15 is 0 Å². The molecule has 1 aromatic heterocycles. The van der Waals surface area contributed by atoms with Gasteiger partial charge in [-0.15, -0.1) is 11.3 Å². The van der Waals surface area contributed by atoms with Gasteiger partial charge in [0.15, 0.2) is 10.9 Å². The van der Waals surface area contributed by atoms with Gasteiger partial charge in [0, 0.05) is 17.9 Å². The molecule has 0 unspecified atom stereocenters. The molecule has 0 bridgehead atoms. The van der Waals surface area contributed by atoms with Crippen LogP contribution in [0.5, 0.6) is 0 Å². The van der Waals surface area contributed by atoms with Crippen LogP contribution in [0.3, 0.4) is 0 Å². The number of rotatable bonds is 5. The number of hydrogen-bond acceptors (Lipinski definition) is 4. The smallest absolute Gasteiger partial charge is 0.230 e. The number of allylic oxidation sites excluding steroid dienone is 1. The maximum atomic E-state index is 12.3. The molecule has 0 saturated heterocycles. The Morgan fingerprint density at radius 3 is 2.36 bits per heavy atom. The summed E-state index contributed by atoms with van der Waals surface area (Å²) in [4.78, 5) is 30.7. The molecule has 0 spiro atoms. The van der Waals surface area contributed by atoms with Crippen LogP contribution in [-0.4, -0.2) is 16.7 Å². The van der Waals surface area contributed by atoms with E-state index in [2.05, 4.69) is 4.98 Å². The van der Waals surface area contributed by atoms with Crippen molar-refractivity contribution in [3.63, 3.8) is 0 Å². The van der Waals surface area contributed by atoms with Gasteiger partial charge >= 0.3 is 0 Å². The summed E-state index contributed by atoms with van der Waals surface area (Å²) < 4.78 is 0. The number of thiazole rings is 1. The number of benzene rings is 2. The number of aromatic nitrogens is 1. The Bertz CT molecular complexity index is 1050. The van der Waals surface area contributed by atoms with E-state index in [1.165, 1.54) is 29.9 Å². The number of aryl methyl sites for hydroxylation is 3. The largest absolute Gasteiger partial charge is 0.289 e. The van der Waals surface area contributed by atoms with E-state index in [-0.39, 0.29) is 11.7 Å². The molecule has 0 saturated carbocycles.